The highest BCUT2D eigenvalue weighted by Crippen LogP contribution is 2.37. The van der Waals surface area contributed by atoms with Crippen LogP contribution in [-0.2, 0) is 13.2 Å². The van der Waals surface area contributed by atoms with Crippen molar-refractivity contribution in [2.24, 2.45) is 0 Å². The van der Waals surface area contributed by atoms with Gasteiger partial charge in [-0.05, 0) is 18.2 Å². The minimum Gasteiger partial charge on any atom is -0.493 e. The highest BCUT2D eigenvalue weighted by atomic mass is 79.9. The van der Waals surface area contributed by atoms with E-state index < -0.39 is 0 Å². The average molecular weight is 424 g/mol. The summed E-state index contributed by atoms with van der Waals surface area (Å²) in [4.78, 5) is 4.06. The van der Waals surface area contributed by atoms with Crippen LogP contribution in [0.1, 0.15) is 11.1 Å². The maximum atomic E-state index is 6.21. The summed E-state index contributed by atoms with van der Waals surface area (Å²) < 4.78 is 12.4. The Hall–Kier alpha value is -2.25. The van der Waals surface area contributed by atoms with Crippen molar-refractivity contribution in [2.75, 3.05) is 12.4 Å². The maximum absolute atomic E-state index is 6.21. The smallest absolute Gasteiger partial charge is 0.218 e. The number of H-pyrrole nitrogens is 1. The zero-order chi connectivity index (χ0) is 17.6. The predicted molar refractivity (Wildman–Crippen MR) is 100 cm³/mol. The molecule has 0 atom stereocenters. The first-order chi connectivity index (χ1) is 12.2. The van der Waals surface area contributed by atoms with E-state index in [1.165, 1.54) is 6.33 Å². The largest absolute Gasteiger partial charge is 0.493 e. The van der Waals surface area contributed by atoms with E-state index in [0.717, 1.165) is 15.6 Å². The number of ether oxygens (including phenoxy) is 2. The summed E-state index contributed by atoms with van der Waals surface area (Å²) in [5.41, 5.74) is 1.81. The SMILES string of the molecule is COc1ccc(Br)c(CNc2ncn[nH]2)c1OCc1ccccc1Cl. The van der Waals surface area contributed by atoms with Crippen molar-refractivity contribution < 1.29 is 9.47 Å². The molecular formula is C17H16BrClN4O2. The molecule has 0 unspecified atom stereocenters. The van der Waals surface area contributed by atoms with Crippen LogP contribution in [0, 0.1) is 0 Å². The molecule has 0 saturated heterocycles. The molecule has 25 heavy (non-hydrogen) atoms. The van der Waals surface area contributed by atoms with E-state index in [4.69, 9.17) is 21.1 Å². The Morgan fingerprint density at radius 1 is 1.24 bits per heavy atom. The Morgan fingerprint density at radius 3 is 2.80 bits per heavy atom. The molecule has 3 aromatic rings. The number of rotatable bonds is 7. The molecule has 0 saturated carbocycles. The van der Waals surface area contributed by atoms with Gasteiger partial charge in [-0.1, -0.05) is 45.7 Å². The lowest BCUT2D eigenvalue weighted by atomic mass is 10.1. The molecule has 0 fully saturated rings. The first kappa shape index (κ1) is 17.6. The molecule has 1 aromatic heterocycles. The number of anilines is 1. The number of benzene rings is 2. The summed E-state index contributed by atoms with van der Waals surface area (Å²) in [6, 6.07) is 11.3. The Morgan fingerprint density at radius 2 is 2.08 bits per heavy atom. The van der Waals surface area contributed by atoms with E-state index in [1.807, 2.05) is 36.4 Å². The summed E-state index contributed by atoms with van der Waals surface area (Å²) in [6.07, 6.45) is 1.44. The number of aromatic amines is 1. The predicted octanol–water partition coefficient (Wildman–Crippen LogP) is 4.42. The second-order valence-electron chi connectivity index (χ2n) is 5.13. The van der Waals surface area contributed by atoms with Gasteiger partial charge in [-0.2, -0.15) is 5.10 Å². The summed E-state index contributed by atoms with van der Waals surface area (Å²) >= 11 is 9.78. The van der Waals surface area contributed by atoms with Crippen molar-refractivity contribution in [3.8, 4) is 11.5 Å². The van der Waals surface area contributed by atoms with Gasteiger partial charge in [0, 0.05) is 27.2 Å². The molecule has 3 rings (SSSR count). The normalized spacial score (nSPS) is 10.5. The van der Waals surface area contributed by atoms with Gasteiger partial charge >= 0.3 is 0 Å². The van der Waals surface area contributed by atoms with Crippen molar-refractivity contribution in [1.82, 2.24) is 15.2 Å². The van der Waals surface area contributed by atoms with Gasteiger partial charge in [-0.3, -0.25) is 0 Å². The zero-order valence-electron chi connectivity index (χ0n) is 13.4. The molecule has 0 amide bonds. The van der Waals surface area contributed by atoms with Crippen LogP contribution in [-0.4, -0.2) is 22.3 Å². The average Bonchev–Trinajstić information content (AvgIpc) is 3.14. The molecule has 6 nitrogen and oxygen atoms in total. The molecular weight excluding hydrogens is 408 g/mol. The molecule has 2 N–H and O–H groups in total. The highest BCUT2D eigenvalue weighted by molar-refractivity contribution is 9.10. The fourth-order valence-electron chi connectivity index (χ4n) is 2.29. The highest BCUT2D eigenvalue weighted by Gasteiger charge is 2.15. The van der Waals surface area contributed by atoms with Crippen molar-refractivity contribution in [3.05, 3.63) is 63.3 Å². The van der Waals surface area contributed by atoms with Crippen LogP contribution < -0.4 is 14.8 Å². The van der Waals surface area contributed by atoms with E-state index in [1.54, 1.807) is 7.11 Å². The fourth-order valence-corrected chi connectivity index (χ4v) is 2.94. The number of halogens is 2. The second kappa shape index (κ2) is 8.22. The molecule has 0 aliphatic carbocycles. The van der Waals surface area contributed by atoms with Gasteiger partial charge in [-0.25, -0.2) is 10.1 Å². The van der Waals surface area contributed by atoms with Crippen molar-refractivity contribution in [2.45, 2.75) is 13.2 Å². The van der Waals surface area contributed by atoms with Crippen molar-refractivity contribution >= 4 is 33.5 Å². The minimum absolute atomic E-state index is 0.335. The lowest BCUT2D eigenvalue weighted by molar-refractivity contribution is 0.281. The Kier molecular flexibility index (Phi) is 5.78. The van der Waals surface area contributed by atoms with Crippen LogP contribution >= 0.6 is 27.5 Å². The van der Waals surface area contributed by atoms with E-state index in [-0.39, 0.29) is 0 Å². The monoisotopic (exact) mass is 422 g/mol. The third kappa shape index (κ3) is 4.24. The first-order valence-corrected chi connectivity index (χ1v) is 8.67. The fraction of sp³-hybridized carbons (Fsp3) is 0.176. The van der Waals surface area contributed by atoms with Crippen LogP contribution in [0.15, 0.2) is 47.2 Å². The van der Waals surface area contributed by atoms with Gasteiger partial charge in [0.25, 0.3) is 0 Å². The Labute approximate surface area is 158 Å². The lowest BCUT2D eigenvalue weighted by Gasteiger charge is -2.17. The van der Waals surface area contributed by atoms with E-state index in [2.05, 4.69) is 36.4 Å². The van der Waals surface area contributed by atoms with Crippen LogP contribution in [0.4, 0.5) is 5.95 Å². The Bertz CT molecular complexity index is 843. The summed E-state index contributed by atoms with van der Waals surface area (Å²) in [5, 5.41) is 10.4. The maximum Gasteiger partial charge on any atom is 0.218 e. The number of methoxy groups -OCH3 is 1. The summed E-state index contributed by atoms with van der Waals surface area (Å²) in [5.74, 6) is 1.86. The van der Waals surface area contributed by atoms with Gasteiger partial charge in [-0.15, -0.1) is 0 Å². The first-order valence-electron chi connectivity index (χ1n) is 7.50. The molecule has 0 bridgehead atoms. The quantitative estimate of drug-likeness (QED) is 0.588. The minimum atomic E-state index is 0.335. The number of nitrogens with zero attached hydrogens (tertiary/aromatic N) is 2. The van der Waals surface area contributed by atoms with E-state index in [9.17, 15) is 0 Å². The molecule has 2 aromatic carbocycles. The van der Waals surface area contributed by atoms with Gasteiger partial charge < -0.3 is 14.8 Å². The van der Waals surface area contributed by atoms with Crippen LogP contribution in [0.5, 0.6) is 11.5 Å². The third-order valence-corrected chi connectivity index (χ3v) is 4.68. The topological polar surface area (TPSA) is 72.1 Å². The lowest BCUT2D eigenvalue weighted by Crippen LogP contribution is -2.07. The number of aromatic nitrogens is 3. The second-order valence-corrected chi connectivity index (χ2v) is 6.39. The number of hydrogen-bond acceptors (Lipinski definition) is 5. The standard InChI is InChI=1S/C17H16BrClN4O2/c1-24-15-7-6-13(18)12(8-20-17-21-10-22-23-17)16(15)25-9-11-4-2-3-5-14(11)19/h2-7,10H,8-9H2,1H3,(H2,20,21,22,23). The van der Waals surface area contributed by atoms with Crippen molar-refractivity contribution in [1.29, 1.82) is 0 Å². The molecule has 130 valence electrons. The van der Waals surface area contributed by atoms with E-state index in [0.29, 0.717) is 35.6 Å². The van der Waals surface area contributed by atoms with Gasteiger partial charge in [0.2, 0.25) is 5.95 Å². The number of nitrogens with one attached hydrogen (secondary N) is 2. The Balaban J connectivity index is 1.84. The van der Waals surface area contributed by atoms with Gasteiger partial charge in [0.05, 0.1) is 7.11 Å². The summed E-state index contributed by atoms with van der Waals surface area (Å²) in [6.45, 7) is 0.812. The molecule has 1 heterocycles. The molecule has 0 aliphatic rings. The van der Waals surface area contributed by atoms with Gasteiger partial charge in [0.15, 0.2) is 11.5 Å². The van der Waals surface area contributed by atoms with Crippen LogP contribution in [0.2, 0.25) is 5.02 Å². The third-order valence-electron chi connectivity index (χ3n) is 3.56. The van der Waals surface area contributed by atoms with Gasteiger partial charge in [0.1, 0.15) is 12.9 Å². The summed E-state index contributed by atoms with van der Waals surface area (Å²) in [7, 11) is 1.61. The molecule has 8 heteroatoms. The molecule has 0 radical (unpaired) electrons. The zero-order valence-corrected chi connectivity index (χ0v) is 15.8. The van der Waals surface area contributed by atoms with E-state index >= 15 is 0 Å². The van der Waals surface area contributed by atoms with Crippen molar-refractivity contribution in [3.63, 3.8) is 0 Å². The molecule has 0 aliphatic heterocycles. The molecule has 0 spiro atoms. The number of hydrogen-bond donors (Lipinski definition) is 2. The van der Waals surface area contributed by atoms with Crippen LogP contribution in [0.3, 0.4) is 0 Å². The van der Waals surface area contributed by atoms with Crippen LogP contribution in [0.25, 0.3) is 0 Å².